The normalized spacial score (nSPS) is 12.3. The fourth-order valence-corrected chi connectivity index (χ4v) is 1.12. The Balaban J connectivity index is 3.57. The van der Waals surface area contributed by atoms with E-state index in [2.05, 4.69) is 4.74 Å². The highest BCUT2D eigenvalue weighted by atomic mass is 19.4. The molecular formula is C8H3F6NO3. The zero-order valence-electron chi connectivity index (χ0n) is 8.15. The molecule has 1 heterocycles. The number of aromatic amines is 1. The molecule has 0 atom stereocenters. The van der Waals surface area contributed by atoms with Gasteiger partial charge in [0.05, 0.1) is 0 Å². The van der Waals surface area contributed by atoms with Crippen molar-refractivity contribution in [2.75, 3.05) is 0 Å². The van der Waals surface area contributed by atoms with Gasteiger partial charge in [-0.05, 0) is 0 Å². The number of pyridine rings is 1. The zero-order chi connectivity index (χ0) is 14.1. The molecule has 0 saturated heterocycles. The molecule has 100 valence electrons. The van der Waals surface area contributed by atoms with Crippen LogP contribution < -0.4 is 10.3 Å². The molecular weight excluding hydrogens is 272 g/mol. The van der Waals surface area contributed by atoms with E-state index < -0.39 is 35.0 Å². The fraction of sp³-hybridized carbons (Fsp3) is 0.250. The summed E-state index contributed by atoms with van der Waals surface area (Å²) in [5.41, 5.74) is -4.98. The van der Waals surface area contributed by atoms with E-state index in [1.807, 2.05) is 0 Å². The monoisotopic (exact) mass is 275 g/mol. The van der Waals surface area contributed by atoms with E-state index in [4.69, 9.17) is 0 Å². The van der Waals surface area contributed by atoms with Crippen molar-refractivity contribution in [2.45, 2.75) is 12.5 Å². The minimum atomic E-state index is -5.49. The lowest BCUT2D eigenvalue weighted by Gasteiger charge is -2.15. The van der Waals surface area contributed by atoms with Crippen LogP contribution in [0.1, 0.15) is 15.9 Å². The van der Waals surface area contributed by atoms with Crippen molar-refractivity contribution >= 4 is 6.29 Å². The van der Waals surface area contributed by atoms with Gasteiger partial charge < -0.3 is 9.72 Å². The van der Waals surface area contributed by atoms with E-state index in [-0.39, 0.29) is 6.29 Å². The largest absolute Gasteiger partial charge is 0.573 e. The first-order valence-corrected chi connectivity index (χ1v) is 4.10. The second-order valence-electron chi connectivity index (χ2n) is 2.94. The van der Waals surface area contributed by atoms with Crippen LogP contribution >= 0.6 is 0 Å². The van der Waals surface area contributed by atoms with E-state index in [1.54, 1.807) is 4.98 Å². The highest BCUT2D eigenvalue weighted by Crippen LogP contribution is 2.37. The van der Waals surface area contributed by atoms with E-state index in [0.29, 0.717) is 6.20 Å². The first-order chi connectivity index (χ1) is 8.06. The summed E-state index contributed by atoms with van der Waals surface area (Å²) in [7, 11) is 0. The first-order valence-electron chi connectivity index (χ1n) is 4.10. The summed E-state index contributed by atoms with van der Waals surface area (Å²) < 4.78 is 76.2. The number of rotatable bonds is 2. The summed E-state index contributed by atoms with van der Waals surface area (Å²) in [5, 5.41) is 0. The Morgan fingerprint density at radius 2 is 1.72 bits per heavy atom. The molecule has 0 spiro atoms. The van der Waals surface area contributed by atoms with Gasteiger partial charge in [-0.2, -0.15) is 13.2 Å². The van der Waals surface area contributed by atoms with Gasteiger partial charge in [-0.1, -0.05) is 0 Å². The minimum absolute atomic E-state index is 0.345. The van der Waals surface area contributed by atoms with Crippen molar-refractivity contribution in [1.82, 2.24) is 4.98 Å². The molecule has 10 heteroatoms. The smallest absolute Gasteiger partial charge is 0.399 e. The second-order valence-corrected chi connectivity index (χ2v) is 2.94. The number of aldehydes is 1. The van der Waals surface area contributed by atoms with Gasteiger partial charge in [0.2, 0.25) is 5.75 Å². The van der Waals surface area contributed by atoms with Gasteiger partial charge in [0.15, 0.2) is 6.29 Å². The van der Waals surface area contributed by atoms with Gasteiger partial charge in [-0.15, -0.1) is 13.2 Å². The van der Waals surface area contributed by atoms with Crippen molar-refractivity contribution in [1.29, 1.82) is 0 Å². The van der Waals surface area contributed by atoms with Crippen molar-refractivity contribution in [2.24, 2.45) is 0 Å². The van der Waals surface area contributed by atoms with Crippen molar-refractivity contribution < 1.29 is 35.9 Å². The molecule has 0 fully saturated rings. The predicted molar refractivity (Wildman–Crippen MR) is 44.1 cm³/mol. The molecule has 1 N–H and O–H groups in total. The van der Waals surface area contributed by atoms with Crippen molar-refractivity contribution in [3.05, 3.63) is 27.7 Å². The number of hydrogen-bond acceptors (Lipinski definition) is 3. The number of H-pyrrole nitrogens is 1. The zero-order valence-corrected chi connectivity index (χ0v) is 8.15. The number of alkyl halides is 6. The molecule has 0 aliphatic carbocycles. The molecule has 0 radical (unpaired) electrons. The van der Waals surface area contributed by atoms with Gasteiger partial charge in [0.1, 0.15) is 5.56 Å². The molecule has 1 aromatic heterocycles. The molecule has 0 aromatic carbocycles. The van der Waals surface area contributed by atoms with E-state index in [9.17, 15) is 35.9 Å². The Morgan fingerprint density at radius 1 is 1.17 bits per heavy atom. The third kappa shape index (κ3) is 3.02. The van der Waals surface area contributed by atoms with Crippen LogP contribution in [-0.4, -0.2) is 17.6 Å². The van der Waals surface area contributed by atoms with Crippen LogP contribution in [-0.2, 0) is 6.18 Å². The number of halogens is 6. The van der Waals surface area contributed by atoms with E-state index in [0.717, 1.165) is 0 Å². The van der Waals surface area contributed by atoms with Crippen LogP contribution in [0.5, 0.6) is 5.75 Å². The molecule has 0 unspecified atom stereocenters. The summed E-state index contributed by atoms with van der Waals surface area (Å²) in [6, 6.07) is 0. The molecule has 1 rings (SSSR count). The average Bonchev–Trinajstić information content (AvgIpc) is 2.17. The lowest BCUT2D eigenvalue weighted by Crippen LogP contribution is -2.27. The quantitative estimate of drug-likeness (QED) is 0.664. The Bertz CT molecular complexity index is 515. The van der Waals surface area contributed by atoms with Gasteiger partial charge >= 0.3 is 12.5 Å². The van der Waals surface area contributed by atoms with Crippen molar-refractivity contribution in [3.63, 3.8) is 0 Å². The lowest BCUT2D eigenvalue weighted by atomic mass is 10.1. The second kappa shape index (κ2) is 4.35. The molecule has 1 aromatic rings. The third-order valence-electron chi connectivity index (χ3n) is 1.71. The number of aromatic nitrogens is 1. The SMILES string of the molecule is O=Cc1c[nH]c(=O)c(OC(F)(F)F)c1C(F)(F)F. The van der Waals surface area contributed by atoms with Gasteiger partial charge in [-0.3, -0.25) is 9.59 Å². The number of hydrogen-bond donors (Lipinski definition) is 1. The van der Waals surface area contributed by atoms with Crippen LogP contribution in [0.15, 0.2) is 11.0 Å². The van der Waals surface area contributed by atoms with E-state index >= 15 is 0 Å². The molecule has 0 bridgehead atoms. The highest BCUT2D eigenvalue weighted by Gasteiger charge is 2.43. The average molecular weight is 275 g/mol. The minimum Gasteiger partial charge on any atom is -0.399 e. The first kappa shape index (κ1) is 14.1. The van der Waals surface area contributed by atoms with Crippen molar-refractivity contribution in [3.8, 4) is 5.75 Å². The van der Waals surface area contributed by atoms with Crippen LogP contribution in [0, 0.1) is 0 Å². The Kier molecular flexibility index (Phi) is 3.40. The number of carbonyl (C=O) groups excluding carboxylic acids is 1. The lowest BCUT2D eigenvalue weighted by molar-refractivity contribution is -0.276. The number of carbonyl (C=O) groups is 1. The fourth-order valence-electron chi connectivity index (χ4n) is 1.12. The third-order valence-corrected chi connectivity index (χ3v) is 1.71. The standard InChI is InChI=1S/C8H3F6NO3/c9-7(10,11)4-3(2-16)1-15-6(17)5(4)18-8(12,13)14/h1-2H,(H,15,17). The summed E-state index contributed by atoms with van der Waals surface area (Å²) in [6.45, 7) is 0. The number of ether oxygens (including phenoxy) is 1. The van der Waals surface area contributed by atoms with Gasteiger partial charge in [-0.25, -0.2) is 0 Å². The maximum atomic E-state index is 12.5. The molecule has 0 aliphatic heterocycles. The summed E-state index contributed by atoms with van der Waals surface area (Å²) in [6.07, 6.45) is -10.8. The van der Waals surface area contributed by atoms with Crippen LogP contribution in [0.3, 0.4) is 0 Å². The molecule has 18 heavy (non-hydrogen) atoms. The van der Waals surface area contributed by atoms with Gasteiger partial charge in [0, 0.05) is 11.8 Å². The summed E-state index contributed by atoms with van der Waals surface area (Å²) in [4.78, 5) is 22.8. The van der Waals surface area contributed by atoms with Crippen LogP contribution in [0.2, 0.25) is 0 Å². The predicted octanol–water partition coefficient (Wildman–Crippen LogP) is 2.10. The Hall–Kier alpha value is -2.00. The molecule has 0 amide bonds. The number of nitrogens with one attached hydrogen (secondary N) is 1. The van der Waals surface area contributed by atoms with E-state index in [1.165, 1.54) is 0 Å². The summed E-state index contributed by atoms with van der Waals surface area (Å²) in [5.74, 6) is -2.01. The maximum absolute atomic E-state index is 12.5. The Labute approximate surface area is 94.2 Å². The van der Waals surface area contributed by atoms with Gasteiger partial charge in [0.25, 0.3) is 5.56 Å². The molecule has 0 aliphatic rings. The Morgan fingerprint density at radius 3 is 2.11 bits per heavy atom. The molecule has 0 saturated carbocycles. The topological polar surface area (TPSA) is 59.2 Å². The maximum Gasteiger partial charge on any atom is 0.573 e. The summed E-state index contributed by atoms with van der Waals surface area (Å²) >= 11 is 0. The van der Waals surface area contributed by atoms with Crippen LogP contribution in [0.25, 0.3) is 0 Å². The molecule has 4 nitrogen and oxygen atoms in total. The highest BCUT2D eigenvalue weighted by molar-refractivity contribution is 5.78. The van der Waals surface area contributed by atoms with Crippen LogP contribution in [0.4, 0.5) is 26.3 Å².